The summed E-state index contributed by atoms with van der Waals surface area (Å²) in [6.45, 7) is 0. The highest BCUT2D eigenvalue weighted by molar-refractivity contribution is 6.30. The number of rotatable bonds is 3. The fraction of sp³-hybridized carbons (Fsp3) is 0.0714. The van der Waals surface area contributed by atoms with Crippen LogP contribution in [0.3, 0.4) is 0 Å². The second-order valence-electron chi connectivity index (χ2n) is 3.92. The molecule has 6 heteroatoms. The Labute approximate surface area is 119 Å². The molecule has 0 spiro atoms. The number of amides is 1. The largest absolute Gasteiger partial charge is 0.496 e. The van der Waals surface area contributed by atoms with Crippen molar-refractivity contribution in [3.63, 3.8) is 0 Å². The van der Waals surface area contributed by atoms with Crippen molar-refractivity contribution < 1.29 is 18.3 Å². The molecule has 2 rings (SSSR count). The third-order valence-electron chi connectivity index (χ3n) is 2.59. The molecule has 0 aliphatic heterocycles. The van der Waals surface area contributed by atoms with Gasteiger partial charge >= 0.3 is 0 Å². The Hall–Kier alpha value is -2.14. The molecule has 0 unspecified atom stereocenters. The molecule has 0 aromatic heterocycles. The average Bonchev–Trinajstić information content (AvgIpc) is 2.41. The molecule has 0 aliphatic carbocycles. The van der Waals surface area contributed by atoms with Gasteiger partial charge in [-0.2, -0.15) is 0 Å². The zero-order valence-electron chi connectivity index (χ0n) is 10.4. The Bertz CT molecular complexity index is 662. The Morgan fingerprint density at radius 1 is 1.20 bits per heavy atom. The highest BCUT2D eigenvalue weighted by Gasteiger charge is 2.15. The van der Waals surface area contributed by atoms with E-state index in [2.05, 4.69) is 5.32 Å². The molecular weight excluding hydrogens is 288 g/mol. The van der Waals surface area contributed by atoms with E-state index >= 15 is 0 Å². The number of methoxy groups -OCH3 is 1. The molecule has 20 heavy (non-hydrogen) atoms. The van der Waals surface area contributed by atoms with Crippen LogP contribution < -0.4 is 10.1 Å². The fourth-order valence-electron chi connectivity index (χ4n) is 1.64. The van der Waals surface area contributed by atoms with Crippen LogP contribution in [0.25, 0.3) is 0 Å². The van der Waals surface area contributed by atoms with E-state index in [1.807, 2.05) is 0 Å². The summed E-state index contributed by atoms with van der Waals surface area (Å²) in [7, 11) is 1.35. The molecule has 0 heterocycles. The molecule has 1 N–H and O–H groups in total. The maximum Gasteiger partial charge on any atom is 0.259 e. The van der Waals surface area contributed by atoms with Crippen molar-refractivity contribution in [1.29, 1.82) is 0 Å². The predicted molar refractivity (Wildman–Crippen MR) is 72.3 cm³/mol. The number of anilines is 1. The molecule has 0 radical (unpaired) electrons. The minimum absolute atomic E-state index is 0.0261. The number of benzene rings is 2. The molecule has 0 fully saturated rings. The van der Waals surface area contributed by atoms with Crippen LogP contribution in [0.2, 0.25) is 5.02 Å². The van der Waals surface area contributed by atoms with E-state index in [1.165, 1.54) is 31.4 Å². The number of hydrogen-bond donors (Lipinski definition) is 1. The highest BCUT2D eigenvalue weighted by Crippen LogP contribution is 2.23. The van der Waals surface area contributed by atoms with Gasteiger partial charge in [-0.15, -0.1) is 0 Å². The van der Waals surface area contributed by atoms with Gasteiger partial charge in [0.25, 0.3) is 5.91 Å². The van der Waals surface area contributed by atoms with Crippen LogP contribution in [0.4, 0.5) is 14.5 Å². The highest BCUT2D eigenvalue weighted by atomic mass is 35.5. The van der Waals surface area contributed by atoms with Crippen LogP contribution in [-0.4, -0.2) is 13.0 Å². The molecule has 0 aliphatic rings. The van der Waals surface area contributed by atoms with Gasteiger partial charge in [-0.3, -0.25) is 4.79 Å². The molecule has 0 saturated carbocycles. The van der Waals surface area contributed by atoms with Crippen molar-refractivity contribution in [3.8, 4) is 5.75 Å². The monoisotopic (exact) mass is 297 g/mol. The molecule has 104 valence electrons. The average molecular weight is 298 g/mol. The lowest BCUT2D eigenvalue weighted by Crippen LogP contribution is -2.14. The van der Waals surface area contributed by atoms with Gasteiger partial charge in [-0.05, 0) is 36.4 Å². The first-order valence-electron chi connectivity index (χ1n) is 5.61. The minimum atomic E-state index is -0.679. The van der Waals surface area contributed by atoms with E-state index in [4.69, 9.17) is 16.3 Å². The van der Waals surface area contributed by atoms with Gasteiger partial charge in [0.15, 0.2) is 0 Å². The third-order valence-corrected chi connectivity index (χ3v) is 2.82. The second kappa shape index (κ2) is 5.88. The van der Waals surface area contributed by atoms with Gasteiger partial charge in [-0.25, -0.2) is 8.78 Å². The van der Waals surface area contributed by atoms with Crippen LogP contribution in [0, 0.1) is 11.6 Å². The molecule has 2 aromatic carbocycles. The second-order valence-corrected chi connectivity index (χ2v) is 4.36. The Kier molecular flexibility index (Phi) is 4.20. The number of nitrogens with one attached hydrogen (secondary N) is 1. The number of carbonyl (C=O) groups excluding carboxylic acids is 1. The normalized spacial score (nSPS) is 10.2. The predicted octanol–water partition coefficient (Wildman–Crippen LogP) is 3.88. The van der Waals surface area contributed by atoms with Crippen LogP contribution >= 0.6 is 11.6 Å². The number of carbonyl (C=O) groups is 1. The first-order valence-corrected chi connectivity index (χ1v) is 5.99. The minimum Gasteiger partial charge on any atom is -0.496 e. The summed E-state index contributed by atoms with van der Waals surface area (Å²) in [5, 5.41) is 2.55. The topological polar surface area (TPSA) is 38.3 Å². The van der Waals surface area contributed by atoms with Crippen LogP contribution in [-0.2, 0) is 0 Å². The molecule has 0 atom stereocenters. The van der Waals surface area contributed by atoms with Gasteiger partial charge in [0.1, 0.15) is 17.4 Å². The van der Waals surface area contributed by atoms with Crippen LogP contribution in [0.15, 0.2) is 36.4 Å². The lowest BCUT2D eigenvalue weighted by molar-refractivity contribution is 0.102. The standard InChI is InChI=1S/C14H10ClF2NO2/c1-20-13-5-3-9(16)7-10(13)14(19)18-12-4-2-8(15)6-11(12)17/h2-7H,1H3,(H,18,19). The summed E-state index contributed by atoms with van der Waals surface area (Å²) in [5.41, 5.74) is -0.0763. The van der Waals surface area contributed by atoms with E-state index in [-0.39, 0.29) is 22.0 Å². The smallest absolute Gasteiger partial charge is 0.259 e. The Balaban J connectivity index is 2.30. The summed E-state index contributed by atoms with van der Waals surface area (Å²) in [5.74, 6) is -1.76. The third kappa shape index (κ3) is 3.05. The molecule has 0 bridgehead atoms. The first-order chi connectivity index (χ1) is 9.51. The quantitative estimate of drug-likeness (QED) is 0.933. The van der Waals surface area contributed by atoms with Gasteiger partial charge in [-0.1, -0.05) is 11.6 Å². The van der Waals surface area contributed by atoms with E-state index in [9.17, 15) is 13.6 Å². The van der Waals surface area contributed by atoms with Gasteiger partial charge in [0, 0.05) is 5.02 Å². The summed E-state index contributed by atoms with van der Waals surface area (Å²) in [6, 6.07) is 7.33. The van der Waals surface area contributed by atoms with Crippen molar-refractivity contribution >= 4 is 23.2 Å². The first kappa shape index (κ1) is 14.3. The zero-order valence-corrected chi connectivity index (χ0v) is 11.2. The molecule has 3 nitrogen and oxygen atoms in total. The Morgan fingerprint density at radius 2 is 1.95 bits per heavy atom. The van der Waals surface area contributed by atoms with Crippen molar-refractivity contribution in [2.75, 3.05) is 12.4 Å². The van der Waals surface area contributed by atoms with Crippen molar-refractivity contribution in [1.82, 2.24) is 0 Å². The molecule has 2 aromatic rings. The maximum atomic E-state index is 13.6. The van der Waals surface area contributed by atoms with E-state index in [0.717, 1.165) is 12.1 Å². The lowest BCUT2D eigenvalue weighted by Gasteiger charge is -2.10. The summed E-state index contributed by atoms with van der Waals surface area (Å²) >= 11 is 5.62. The fourth-order valence-corrected chi connectivity index (χ4v) is 1.80. The van der Waals surface area contributed by atoms with Crippen molar-refractivity contribution in [3.05, 3.63) is 58.6 Å². The van der Waals surface area contributed by atoms with E-state index in [0.29, 0.717) is 0 Å². The van der Waals surface area contributed by atoms with Gasteiger partial charge < -0.3 is 10.1 Å². The van der Waals surface area contributed by atoms with E-state index < -0.39 is 17.5 Å². The summed E-state index contributed by atoms with van der Waals surface area (Å²) in [4.78, 5) is 12.0. The number of ether oxygens (including phenoxy) is 1. The van der Waals surface area contributed by atoms with E-state index in [1.54, 1.807) is 0 Å². The zero-order chi connectivity index (χ0) is 14.7. The molecular formula is C14H10ClF2NO2. The lowest BCUT2D eigenvalue weighted by atomic mass is 10.1. The van der Waals surface area contributed by atoms with Crippen molar-refractivity contribution in [2.24, 2.45) is 0 Å². The van der Waals surface area contributed by atoms with Crippen molar-refractivity contribution in [2.45, 2.75) is 0 Å². The Morgan fingerprint density at radius 3 is 2.60 bits per heavy atom. The number of halogens is 3. The molecule has 0 saturated heterocycles. The molecule has 1 amide bonds. The van der Waals surface area contributed by atoms with Crippen LogP contribution in [0.1, 0.15) is 10.4 Å². The number of hydrogen-bond acceptors (Lipinski definition) is 2. The van der Waals surface area contributed by atoms with Gasteiger partial charge in [0.05, 0.1) is 18.4 Å². The SMILES string of the molecule is COc1ccc(F)cc1C(=O)Nc1ccc(Cl)cc1F. The summed E-state index contributed by atoms with van der Waals surface area (Å²) in [6.07, 6.45) is 0. The summed E-state index contributed by atoms with van der Waals surface area (Å²) < 4.78 is 31.7. The maximum absolute atomic E-state index is 13.6. The van der Waals surface area contributed by atoms with Gasteiger partial charge in [0.2, 0.25) is 0 Å². The van der Waals surface area contributed by atoms with Crippen LogP contribution in [0.5, 0.6) is 5.75 Å².